The predicted octanol–water partition coefficient (Wildman–Crippen LogP) is 1.90. The molecule has 0 bridgehead atoms. The van der Waals surface area contributed by atoms with Gasteiger partial charge < -0.3 is 19.5 Å². The maximum absolute atomic E-state index is 12.3. The SMILES string of the molecule is CC(C)C1CN(C(=O)NCc2noc(C3CC3)n2)CCCO1. The minimum Gasteiger partial charge on any atom is -0.376 e. The van der Waals surface area contributed by atoms with Crippen LogP contribution in [0.4, 0.5) is 4.79 Å². The Morgan fingerprint density at radius 1 is 1.45 bits per heavy atom. The Bertz CT molecular complexity index is 513. The third kappa shape index (κ3) is 3.76. The van der Waals surface area contributed by atoms with Crippen molar-refractivity contribution in [2.45, 2.75) is 51.7 Å². The lowest BCUT2D eigenvalue weighted by Gasteiger charge is -2.26. The van der Waals surface area contributed by atoms with E-state index in [-0.39, 0.29) is 12.1 Å². The number of ether oxygens (including phenoxy) is 1. The number of nitrogens with zero attached hydrogens (tertiary/aromatic N) is 3. The van der Waals surface area contributed by atoms with E-state index in [0.29, 0.717) is 49.8 Å². The Kier molecular flexibility index (Phi) is 4.61. The summed E-state index contributed by atoms with van der Waals surface area (Å²) in [6, 6.07) is -0.0890. The van der Waals surface area contributed by atoms with Gasteiger partial charge in [-0.25, -0.2) is 4.79 Å². The van der Waals surface area contributed by atoms with Crippen LogP contribution >= 0.6 is 0 Å². The van der Waals surface area contributed by atoms with E-state index in [1.165, 1.54) is 0 Å². The smallest absolute Gasteiger partial charge is 0.317 e. The molecule has 1 atom stereocenters. The first kappa shape index (κ1) is 15.3. The molecule has 0 radical (unpaired) electrons. The Morgan fingerprint density at radius 2 is 2.27 bits per heavy atom. The number of hydrogen-bond acceptors (Lipinski definition) is 5. The van der Waals surface area contributed by atoms with Crippen molar-refractivity contribution in [1.82, 2.24) is 20.4 Å². The van der Waals surface area contributed by atoms with E-state index < -0.39 is 0 Å². The van der Waals surface area contributed by atoms with Crippen molar-refractivity contribution in [1.29, 1.82) is 0 Å². The lowest BCUT2D eigenvalue weighted by molar-refractivity contribution is 0.0267. The fourth-order valence-corrected chi connectivity index (χ4v) is 2.54. The van der Waals surface area contributed by atoms with Crippen LogP contribution in [0.5, 0.6) is 0 Å². The molecule has 1 aromatic heterocycles. The zero-order valence-electron chi connectivity index (χ0n) is 13.2. The molecule has 1 aliphatic heterocycles. The average molecular weight is 308 g/mol. The van der Waals surface area contributed by atoms with Gasteiger partial charge in [0.1, 0.15) is 0 Å². The van der Waals surface area contributed by atoms with E-state index >= 15 is 0 Å². The summed E-state index contributed by atoms with van der Waals surface area (Å²) in [5, 5.41) is 6.79. The van der Waals surface area contributed by atoms with Gasteiger partial charge in [0.15, 0.2) is 5.82 Å². The summed E-state index contributed by atoms with van der Waals surface area (Å²) in [6.45, 7) is 6.59. The van der Waals surface area contributed by atoms with Gasteiger partial charge in [-0.05, 0) is 25.2 Å². The number of aromatic nitrogens is 2. The molecule has 2 amide bonds. The lowest BCUT2D eigenvalue weighted by Crippen LogP contribution is -2.44. The van der Waals surface area contributed by atoms with Crippen LogP contribution in [0.25, 0.3) is 0 Å². The van der Waals surface area contributed by atoms with E-state index in [2.05, 4.69) is 29.3 Å². The van der Waals surface area contributed by atoms with Gasteiger partial charge in [-0.2, -0.15) is 4.98 Å². The average Bonchev–Trinajstić information content (AvgIpc) is 3.28. The summed E-state index contributed by atoms with van der Waals surface area (Å²) in [7, 11) is 0. The van der Waals surface area contributed by atoms with Gasteiger partial charge in [0.2, 0.25) is 5.89 Å². The first-order chi connectivity index (χ1) is 10.6. The number of rotatable bonds is 4. The molecule has 2 aliphatic rings. The van der Waals surface area contributed by atoms with Gasteiger partial charge in [0.25, 0.3) is 0 Å². The molecule has 7 nitrogen and oxygen atoms in total. The molecule has 1 aromatic rings. The molecule has 122 valence electrons. The summed E-state index contributed by atoms with van der Waals surface area (Å²) in [5.74, 6) is 2.08. The van der Waals surface area contributed by atoms with Gasteiger partial charge >= 0.3 is 6.03 Å². The molecule has 1 aliphatic carbocycles. The van der Waals surface area contributed by atoms with Crippen molar-refractivity contribution in [2.75, 3.05) is 19.7 Å². The molecule has 2 fully saturated rings. The van der Waals surface area contributed by atoms with E-state index in [1.54, 1.807) is 0 Å². The highest BCUT2D eigenvalue weighted by Crippen LogP contribution is 2.38. The van der Waals surface area contributed by atoms with Crippen molar-refractivity contribution in [3.05, 3.63) is 11.7 Å². The van der Waals surface area contributed by atoms with Crippen LogP contribution in [-0.4, -0.2) is 46.9 Å². The normalized spacial score (nSPS) is 22.7. The maximum Gasteiger partial charge on any atom is 0.317 e. The summed E-state index contributed by atoms with van der Waals surface area (Å²) in [4.78, 5) is 18.5. The summed E-state index contributed by atoms with van der Waals surface area (Å²) >= 11 is 0. The highest BCUT2D eigenvalue weighted by Gasteiger charge is 2.30. The second-order valence-electron chi connectivity index (χ2n) is 6.43. The monoisotopic (exact) mass is 308 g/mol. The summed E-state index contributed by atoms with van der Waals surface area (Å²) in [6.07, 6.45) is 3.21. The van der Waals surface area contributed by atoms with Crippen molar-refractivity contribution < 1.29 is 14.1 Å². The molecule has 22 heavy (non-hydrogen) atoms. The van der Waals surface area contributed by atoms with Gasteiger partial charge in [-0.1, -0.05) is 19.0 Å². The molecule has 7 heteroatoms. The Morgan fingerprint density at radius 3 is 3.00 bits per heavy atom. The van der Waals surface area contributed by atoms with Crippen molar-refractivity contribution in [2.24, 2.45) is 5.92 Å². The number of nitrogens with one attached hydrogen (secondary N) is 1. The highest BCUT2D eigenvalue weighted by molar-refractivity contribution is 5.74. The standard InChI is InChI=1S/C15H24N4O3/c1-10(2)12-9-19(6-3-7-21-12)15(20)16-8-13-17-14(22-18-13)11-4-5-11/h10-12H,3-9H2,1-2H3,(H,16,20). The quantitative estimate of drug-likeness (QED) is 0.919. The van der Waals surface area contributed by atoms with Gasteiger partial charge in [0.05, 0.1) is 12.6 Å². The van der Waals surface area contributed by atoms with Crippen LogP contribution in [0.2, 0.25) is 0 Å². The number of hydrogen-bond donors (Lipinski definition) is 1. The number of urea groups is 1. The summed E-state index contributed by atoms with van der Waals surface area (Å²) in [5.41, 5.74) is 0. The molecule has 0 spiro atoms. The van der Waals surface area contributed by atoms with Crippen LogP contribution in [0.15, 0.2) is 4.52 Å². The van der Waals surface area contributed by atoms with Crippen LogP contribution < -0.4 is 5.32 Å². The molecule has 0 aromatic carbocycles. The Balaban J connectivity index is 1.51. The third-order valence-electron chi connectivity index (χ3n) is 4.14. The van der Waals surface area contributed by atoms with Crippen LogP contribution in [0.1, 0.15) is 50.7 Å². The first-order valence-corrected chi connectivity index (χ1v) is 8.10. The largest absolute Gasteiger partial charge is 0.376 e. The predicted molar refractivity (Wildman–Crippen MR) is 79.3 cm³/mol. The molecular weight excluding hydrogens is 284 g/mol. The molecule has 1 N–H and O–H groups in total. The van der Waals surface area contributed by atoms with Crippen molar-refractivity contribution in [3.63, 3.8) is 0 Å². The summed E-state index contributed by atoms with van der Waals surface area (Å²) < 4.78 is 11.0. The second kappa shape index (κ2) is 6.64. The fourth-order valence-electron chi connectivity index (χ4n) is 2.54. The second-order valence-corrected chi connectivity index (χ2v) is 6.43. The topological polar surface area (TPSA) is 80.5 Å². The van der Waals surface area contributed by atoms with E-state index in [0.717, 1.165) is 19.3 Å². The third-order valence-corrected chi connectivity index (χ3v) is 4.14. The maximum atomic E-state index is 12.3. The minimum absolute atomic E-state index is 0.0890. The van der Waals surface area contributed by atoms with Crippen molar-refractivity contribution in [3.8, 4) is 0 Å². The molecule has 3 rings (SSSR count). The number of amides is 2. The minimum atomic E-state index is -0.0890. The van der Waals surface area contributed by atoms with Gasteiger partial charge in [-0.15, -0.1) is 0 Å². The van der Waals surface area contributed by atoms with Gasteiger partial charge in [0, 0.05) is 25.6 Å². The number of carbonyl (C=O) groups excluding carboxylic acids is 1. The molecular formula is C15H24N4O3. The first-order valence-electron chi connectivity index (χ1n) is 8.10. The van der Waals surface area contributed by atoms with Crippen LogP contribution in [-0.2, 0) is 11.3 Å². The molecule has 1 saturated heterocycles. The Labute approximate surface area is 130 Å². The molecule has 1 unspecified atom stereocenters. The van der Waals surface area contributed by atoms with E-state index in [4.69, 9.17) is 9.26 Å². The Hall–Kier alpha value is -1.63. The van der Waals surface area contributed by atoms with Crippen LogP contribution in [0.3, 0.4) is 0 Å². The van der Waals surface area contributed by atoms with E-state index in [9.17, 15) is 4.79 Å². The fraction of sp³-hybridized carbons (Fsp3) is 0.800. The zero-order valence-corrected chi connectivity index (χ0v) is 13.2. The lowest BCUT2D eigenvalue weighted by atomic mass is 10.1. The van der Waals surface area contributed by atoms with Gasteiger partial charge in [-0.3, -0.25) is 0 Å². The number of carbonyl (C=O) groups is 1. The van der Waals surface area contributed by atoms with Crippen LogP contribution in [0, 0.1) is 5.92 Å². The zero-order chi connectivity index (χ0) is 15.5. The van der Waals surface area contributed by atoms with E-state index in [1.807, 2.05) is 4.90 Å². The molecule has 2 heterocycles. The molecule has 1 saturated carbocycles. The van der Waals surface area contributed by atoms with Crippen molar-refractivity contribution >= 4 is 6.03 Å². The highest BCUT2D eigenvalue weighted by atomic mass is 16.5.